The van der Waals surface area contributed by atoms with Gasteiger partial charge < -0.3 is 9.47 Å². The van der Waals surface area contributed by atoms with Crippen molar-refractivity contribution in [3.8, 4) is 0 Å². The normalized spacial score (nSPS) is 42.6. The summed E-state index contributed by atoms with van der Waals surface area (Å²) < 4.78 is 11.0. The second-order valence-electron chi connectivity index (χ2n) is 5.72. The summed E-state index contributed by atoms with van der Waals surface area (Å²) in [5.74, 6) is -0.0485. The molecule has 3 bridgehead atoms. The van der Waals surface area contributed by atoms with Crippen molar-refractivity contribution in [2.45, 2.75) is 54.7 Å². The van der Waals surface area contributed by atoms with Gasteiger partial charge in [0.1, 0.15) is 15.6 Å². The molecule has 0 spiro atoms. The number of rotatable bonds is 3. The van der Waals surface area contributed by atoms with E-state index in [1.165, 1.54) is 0 Å². The van der Waals surface area contributed by atoms with Crippen LogP contribution < -0.4 is 0 Å². The van der Waals surface area contributed by atoms with Crippen LogP contribution in [0.3, 0.4) is 0 Å². The molecule has 2 aliphatic carbocycles. The van der Waals surface area contributed by atoms with E-state index in [2.05, 4.69) is 22.6 Å². The Morgan fingerprint density at radius 3 is 3.06 bits per heavy atom. The van der Waals surface area contributed by atoms with Crippen molar-refractivity contribution in [2.75, 3.05) is 0 Å². The topological polar surface area (TPSA) is 52.6 Å². The highest BCUT2D eigenvalue weighted by Crippen LogP contribution is 2.55. The molecule has 3 aliphatic rings. The van der Waals surface area contributed by atoms with E-state index in [0.717, 1.165) is 25.7 Å². The molecule has 0 N–H and O–H groups in total. The average Bonchev–Trinajstić information content (AvgIpc) is 2.51. The van der Waals surface area contributed by atoms with Crippen LogP contribution in [0.4, 0.5) is 0 Å². The summed E-state index contributed by atoms with van der Waals surface area (Å²) in [5, 5.41) is 0. The highest BCUT2D eigenvalue weighted by molar-refractivity contribution is 14.1. The lowest BCUT2D eigenvalue weighted by Crippen LogP contribution is -2.53. The van der Waals surface area contributed by atoms with Crippen molar-refractivity contribution in [2.24, 2.45) is 11.8 Å². The maximum absolute atomic E-state index is 12.0. The van der Waals surface area contributed by atoms with Crippen LogP contribution in [0.25, 0.3) is 0 Å². The molecular formula is C13H17IO4. The summed E-state index contributed by atoms with van der Waals surface area (Å²) in [5.41, 5.74) is -0.543. The summed E-state index contributed by atoms with van der Waals surface area (Å²) in [6.07, 6.45) is 4.07. The van der Waals surface area contributed by atoms with Crippen LogP contribution in [0.2, 0.25) is 0 Å². The smallest absolute Gasteiger partial charge is 0.319 e. The lowest BCUT2D eigenvalue weighted by molar-refractivity contribution is -0.198. The molecule has 0 aromatic rings. The van der Waals surface area contributed by atoms with Gasteiger partial charge in [-0.05, 0) is 31.6 Å². The number of carbonyl (C=O) groups excluding carboxylic acids is 2. The van der Waals surface area contributed by atoms with Crippen LogP contribution in [0.5, 0.6) is 0 Å². The van der Waals surface area contributed by atoms with Gasteiger partial charge in [0.05, 0.1) is 5.92 Å². The number of halogens is 1. The first-order chi connectivity index (χ1) is 8.54. The molecule has 1 aliphatic heterocycles. The third-order valence-corrected chi connectivity index (χ3v) is 5.88. The van der Waals surface area contributed by atoms with E-state index < -0.39 is 5.60 Å². The number of hydrogen-bond donors (Lipinski definition) is 0. The minimum Gasteiger partial charge on any atom is -0.462 e. The molecule has 5 unspecified atom stereocenters. The van der Waals surface area contributed by atoms with E-state index in [1.54, 1.807) is 0 Å². The van der Waals surface area contributed by atoms with Crippen LogP contribution in [0, 0.1) is 11.8 Å². The van der Waals surface area contributed by atoms with Crippen LogP contribution in [0.1, 0.15) is 39.0 Å². The molecule has 1 heterocycles. The van der Waals surface area contributed by atoms with Gasteiger partial charge >= 0.3 is 11.9 Å². The molecule has 100 valence electrons. The van der Waals surface area contributed by atoms with E-state index in [4.69, 9.17) is 9.47 Å². The van der Waals surface area contributed by atoms with Crippen molar-refractivity contribution in [3.05, 3.63) is 0 Å². The monoisotopic (exact) mass is 364 g/mol. The van der Waals surface area contributed by atoms with E-state index in [1.807, 2.05) is 6.92 Å². The molecular weight excluding hydrogens is 347 g/mol. The summed E-state index contributed by atoms with van der Waals surface area (Å²) in [6.45, 7) is 1.97. The Balaban J connectivity index is 1.82. The molecule has 5 atom stereocenters. The average molecular weight is 364 g/mol. The lowest BCUT2D eigenvalue weighted by Gasteiger charge is -2.43. The standard InChI is InChI=1S/C13H17IO4/c1-2-10(14)12(16)18-13-5-7-3-8(6-13)17-11(15)9(13)4-7/h7-10H,2-6H2,1H3. The molecule has 0 amide bonds. The van der Waals surface area contributed by atoms with Gasteiger partial charge in [0, 0.05) is 6.42 Å². The summed E-state index contributed by atoms with van der Waals surface area (Å²) >= 11 is 2.11. The Kier molecular flexibility index (Phi) is 3.07. The van der Waals surface area contributed by atoms with Crippen molar-refractivity contribution in [3.63, 3.8) is 0 Å². The Morgan fingerprint density at radius 2 is 2.33 bits per heavy atom. The molecule has 5 heteroatoms. The number of alkyl halides is 1. The van der Waals surface area contributed by atoms with Crippen molar-refractivity contribution in [1.82, 2.24) is 0 Å². The molecule has 18 heavy (non-hydrogen) atoms. The van der Waals surface area contributed by atoms with Crippen molar-refractivity contribution < 1.29 is 19.1 Å². The van der Waals surface area contributed by atoms with Gasteiger partial charge in [0.2, 0.25) is 0 Å². The van der Waals surface area contributed by atoms with Gasteiger partial charge in [0.15, 0.2) is 0 Å². The Hall–Kier alpha value is -0.330. The van der Waals surface area contributed by atoms with Gasteiger partial charge in [-0.2, -0.15) is 0 Å². The Labute approximate surface area is 120 Å². The SMILES string of the molecule is CCC(I)C(=O)OC12CC3CC(C1)OC(=O)C2C3. The molecule has 0 radical (unpaired) electrons. The number of hydrogen-bond acceptors (Lipinski definition) is 4. The zero-order valence-corrected chi connectivity index (χ0v) is 12.5. The maximum Gasteiger partial charge on any atom is 0.319 e. The van der Waals surface area contributed by atoms with Gasteiger partial charge in [-0.15, -0.1) is 0 Å². The fourth-order valence-corrected chi connectivity index (χ4v) is 3.87. The van der Waals surface area contributed by atoms with Gasteiger partial charge in [-0.1, -0.05) is 29.5 Å². The van der Waals surface area contributed by atoms with Gasteiger partial charge in [0.25, 0.3) is 0 Å². The summed E-state index contributed by atoms with van der Waals surface area (Å²) in [6, 6.07) is 0. The van der Waals surface area contributed by atoms with Crippen LogP contribution in [-0.2, 0) is 19.1 Å². The molecule has 3 rings (SSSR count). The molecule has 3 fully saturated rings. The summed E-state index contributed by atoms with van der Waals surface area (Å²) in [7, 11) is 0. The van der Waals surface area contributed by atoms with E-state index in [-0.39, 0.29) is 27.9 Å². The predicted octanol–water partition coefficient (Wildman–Crippen LogP) is 2.23. The van der Waals surface area contributed by atoms with E-state index in [0.29, 0.717) is 12.3 Å². The predicted molar refractivity (Wildman–Crippen MR) is 72.3 cm³/mol. The summed E-state index contributed by atoms with van der Waals surface area (Å²) in [4.78, 5) is 23.9. The van der Waals surface area contributed by atoms with Crippen molar-refractivity contribution >= 4 is 34.5 Å². The zero-order chi connectivity index (χ0) is 12.9. The number of ether oxygens (including phenoxy) is 2. The fraction of sp³-hybridized carbons (Fsp3) is 0.846. The number of fused-ring (bicyclic) bond motifs is 2. The van der Waals surface area contributed by atoms with Gasteiger partial charge in [-0.3, -0.25) is 9.59 Å². The van der Waals surface area contributed by atoms with Crippen LogP contribution in [-0.4, -0.2) is 27.6 Å². The molecule has 0 aromatic carbocycles. The molecule has 2 saturated carbocycles. The first kappa shape index (κ1) is 12.7. The van der Waals surface area contributed by atoms with Gasteiger partial charge in [-0.25, -0.2) is 0 Å². The van der Waals surface area contributed by atoms with Crippen LogP contribution in [0.15, 0.2) is 0 Å². The second kappa shape index (κ2) is 4.35. The number of carbonyl (C=O) groups is 2. The first-order valence-electron chi connectivity index (χ1n) is 6.61. The van der Waals surface area contributed by atoms with E-state index >= 15 is 0 Å². The molecule has 0 aromatic heterocycles. The highest BCUT2D eigenvalue weighted by atomic mass is 127. The Bertz CT molecular complexity index is 396. The molecule has 4 nitrogen and oxygen atoms in total. The Morgan fingerprint density at radius 1 is 1.56 bits per heavy atom. The minimum absolute atomic E-state index is 0.0305. The lowest BCUT2D eigenvalue weighted by atomic mass is 9.78. The highest BCUT2D eigenvalue weighted by Gasteiger charge is 2.62. The largest absolute Gasteiger partial charge is 0.462 e. The zero-order valence-electron chi connectivity index (χ0n) is 10.4. The maximum atomic E-state index is 12.0. The minimum atomic E-state index is -0.543. The van der Waals surface area contributed by atoms with Crippen LogP contribution >= 0.6 is 22.6 Å². The quantitative estimate of drug-likeness (QED) is 0.438. The van der Waals surface area contributed by atoms with E-state index in [9.17, 15) is 9.59 Å². The third kappa shape index (κ3) is 1.85. The second-order valence-corrected chi connectivity index (χ2v) is 7.22. The fourth-order valence-electron chi connectivity index (χ4n) is 3.74. The molecule has 1 saturated heterocycles. The first-order valence-corrected chi connectivity index (χ1v) is 7.86. The third-order valence-electron chi connectivity index (χ3n) is 4.49. The number of esters is 2. The van der Waals surface area contributed by atoms with Crippen molar-refractivity contribution in [1.29, 1.82) is 0 Å².